The molecule has 100 valence electrons. The first-order valence-electron chi connectivity index (χ1n) is 6.68. The van der Waals surface area contributed by atoms with Gasteiger partial charge in [0.1, 0.15) is 0 Å². The summed E-state index contributed by atoms with van der Waals surface area (Å²) in [6.07, 6.45) is 1.51. The van der Waals surface area contributed by atoms with Gasteiger partial charge in [-0.05, 0) is 31.4 Å². The van der Waals surface area contributed by atoms with Crippen LogP contribution in [0.4, 0.5) is 0 Å². The van der Waals surface area contributed by atoms with Gasteiger partial charge in [-0.15, -0.1) is 0 Å². The SMILES string of the molecule is CCC(C)NC(=O)CCNCc1ccccc1C. The van der Waals surface area contributed by atoms with E-state index in [1.807, 2.05) is 19.1 Å². The van der Waals surface area contributed by atoms with Crippen LogP contribution in [-0.2, 0) is 11.3 Å². The van der Waals surface area contributed by atoms with E-state index < -0.39 is 0 Å². The number of amides is 1. The van der Waals surface area contributed by atoms with Gasteiger partial charge in [0.2, 0.25) is 5.91 Å². The molecule has 2 N–H and O–H groups in total. The summed E-state index contributed by atoms with van der Waals surface area (Å²) in [6.45, 7) is 7.74. The lowest BCUT2D eigenvalue weighted by Gasteiger charge is -2.12. The molecule has 0 aromatic heterocycles. The van der Waals surface area contributed by atoms with Crippen LogP contribution < -0.4 is 10.6 Å². The van der Waals surface area contributed by atoms with Crippen LogP contribution in [0.2, 0.25) is 0 Å². The van der Waals surface area contributed by atoms with Gasteiger partial charge in [0.05, 0.1) is 0 Å². The van der Waals surface area contributed by atoms with Crippen LogP contribution in [0.1, 0.15) is 37.8 Å². The molecule has 0 fully saturated rings. The molecule has 0 saturated carbocycles. The molecule has 0 spiro atoms. The molecule has 1 rings (SSSR count). The molecule has 1 aromatic rings. The third kappa shape index (κ3) is 5.32. The third-order valence-electron chi connectivity index (χ3n) is 3.13. The number of aryl methyl sites for hydroxylation is 1. The van der Waals surface area contributed by atoms with Gasteiger partial charge in [0.25, 0.3) is 0 Å². The van der Waals surface area contributed by atoms with E-state index in [1.165, 1.54) is 11.1 Å². The van der Waals surface area contributed by atoms with E-state index in [1.54, 1.807) is 0 Å². The van der Waals surface area contributed by atoms with Crippen LogP contribution in [0.15, 0.2) is 24.3 Å². The fourth-order valence-corrected chi connectivity index (χ4v) is 1.68. The molecule has 18 heavy (non-hydrogen) atoms. The lowest BCUT2D eigenvalue weighted by atomic mass is 10.1. The summed E-state index contributed by atoms with van der Waals surface area (Å²) in [5, 5.41) is 6.26. The van der Waals surface area contributed by atoms with E-state index in [4.69, 9.17) is 0 Å². The van der Waals surface area contributed by atoms with Gasteiger partial charge < -0.3 is 10.6 Å². The largest absolute Gasteiger partial charge is 0.354 e. The highest BCUT2D eigenvalue weighted by atomic mass is 16.1. The van der Waals surface area contributed by atoms with Crippen molar-refractivity contribution in [3.63, 3.8) is 0 Å². The van der Waals surface area contributed by atoms with Crippen LogP contribution in [0, 0.1) is 6.92 Å². The van der Waals surface area contributed by atoms with Gasteiger partial charge in [-0.1, -0.05) is 31.2 Å². The zero-order valence-corrected chi connectivity index (χ0v) is 11.6. The lowest BCUT2D eigenvalue weighted by molar-refractivity contribution is -0.121. The average molecular weight is 248 g/mol. The number of benzene rings is 1. The zero-order valence-electron chi connectivity index (χ0n) is 11.6. The molecule has 3 nitrogen and oxygen atoms in total. The van der Waals surface area contributed by atoms with Crippen molar-refractivity contribution in [2.75, 3.05) is 6.54 Å². The van der Waals surface area contributed by atoms with Gasteiger partial charge in [-0.2, -0.15) is 0 Å². The molecular weight excluding hydrogens is 224 g/mol. The maximum absolute atomic E-state index is 11.5. The van der Waals surface area contributed by atoms with E-state index in [0.29, 0.717) is 6.42 Å². The topological polar surface area (TPSA) is 41.1 Å². The molecule has 1 unspecified atom stereocenters. The minimum Gasteiger partial charge on any atom is -0.354 e. The maximum Gasteiger partial charge on any atom is 0.221 e. The lowest BCUT2D eigenvalue weighted by Crippen LogP contribution is -2.33. The Kier molecular flexibility index (Phi) is 6.44. The molecule has 1 aromatic carbocycles. The van der Waals surface area contributed by atoms with Crippen LogP contribution >= 0.6 is 0 Å². The smallest absolute Gasteiger partial charge is 0.221 e. The average Bonchev–Trinajstić information content (AvgIpc) is 2.36. The normalized spacial score (nSPS) is 12.2. The fraction of sp³-hybridized carbons (Fsp3) is 0.533. The van der Waals surface area contributed by atoms with Crippen molar-refractivity contribution in [2.45, 2.75) is 46.2 Å². The van der Waals surface area contributed by atoms with E-state index in [0.717, 1.165) is 19.5 Å². The maximum atomic E-state index is 11.5. The predicted octanol–water partition coefficient (Wildman–Crippen LogP) is 2.39. The molecular formula is C15H24N2O. The van der Waals surface area contributed by atoms with Crippen molar-refractivity contribution >= 4 is 5.91 Å². The summed E-state index contributed by atoms with van der Waals surface area (Å²) in [7, 11) is 0. The number of rotatable bonds is 7. The van der Waals surface area contributed by atoms with Crippen LogP contribution in [0.3, 0.4) is 0 Å². The standard InChI is InChI=1S/C15H24N2O/c1-4-13(3)17-15(18)9-10-16-11-14-8-6-5-7-12(14)2/h5-8,13,16H,4,9-11H2,1-3H3,(H,17,18). The Morgan fingerprint density at radius 3 is 2.72 bits per heavy atom. The number of nitrogens with one attached hydrogen (secondary N) is 2. The summed E-state index contributed by atoms with van der Waals surface area (Å²) in [5.41, 5.74) is 2.58. The van der Waals surface area contributed by atoms with Gasteiger partial charge >= 0.3 is 0 Å². The molecule has 1 atom stereocenters. The number of carbonyl (C=O) groups is 1. The number of carbonyl (C=O) groups excluding carboxylic acids is 1. The van der Waals surface area contributed by atoms with Crippen LogP contribution in [-0.4, -0.2) is 18.5 Å². The van der Waals surface area contributed by atoms with Gasteiger partial charge in [-0.25, -0.2) is 0 Å². The van der Waals surface area contributed by atoms with E-state index in [-0.39, 0.29) is 11.9 Å². The first-order valence-corrected chi connectivity index (χ1v) is 6.68. The van der Waals surface area contributed by atoms with Gasteiger partial charge in [0, 0.05) is 25.6 Å². The third-order valence-corrected chi connectivity index (χ3v) is 3.13. The molecule has 0 heterocycles. The first-order chi connectivity index (χ1) is 8.63. The Morgan fingerprint density at radius 2 is 2.06 bits per heavy atom. The van der Waals surface area contributed by atoms with E-state index in [2.05, 4.69) is 36.6 Å². The summed E-state index contributed by atoms with van der Waals surface area (Å²) in [5.74, 6) is 0.127. The zero-order chi connectivity index (χ0) is 13.4. The molecule has 0 aliphatic heterocycles. The van der Waals surface area contributed by atoms with Crippen molar-refractivity contribution < 1.29 is 4.79 Å². The summed E-state index contributed by atoms with van der Waals surface area (Å²) < 4.78 is 0. The molecule has 0 aliphatic rings. The van der Waals surface area contributed by atoms with Crippen LogP contribution in [0.5, 0.6) is 0 Å². The van der Waals surface area contributed by atoms with Crippen molar-refractivity contribution in [3.05, 3.63) is 35.4 Å². The second kappa shape index (κ2) is 7.88. The minimum absolute atomic E-state index is 0.127. The minimum atomic E-state index is 0.127. The summed E-state index contributed by atoms with van der Waals surface area (Å²) >= 11 is 0. The monoisotopic (exact) mass is 248 g/mol. The molecule has 0 aliphatic carbocycles. The quantitative estimate of drug-likeness (QED) is 0.727. The fourth-order valence-electron chi connectivity index (χ4n) is 1.68. The van der Waals surface area contributed by atoms with Gasteiger partial charge in [0.15, 0.2) is 0 Å². The molecule has 0 saturated heterocycles. The Hall–Kier alpha value is -1.35. The highest BCUT2D eigenvalue weighted by Crippen LogP contribution is 2.05. The molecule has 3 heteroatoms. The first kappa shape index (κ1) is 14.7. The second-order valence-corrected chi connectivity index (χ2v) is 4.73. The number of hydrogen-bond donors (Lipinski definition) is 2. The van der Waals surface area contributed by atoms with E-state index in [9.17, 15) is 4.79 Å². The molecule has 1 amide bonds. The predicted molar refractivity (Wildman–Crippen MR) is 75.4 cm³/mol. The van der Waals surface area contributed by atoms with Crippen molar-refractivity contribution in [1.82, 2.24) is 10.6 Å². The Bertz CT molecular complexity index is 377. The van der Waals surface area contributed by atoms with E-state index >= 15 is 0 Å². The number of hydrogen-bond acceptors (Lipinski definition) is 2. The second-order valence-electron chi connectivity index (χ2n) is 4.73. The Balaban J connectivity index is 2.19. The molecule has 0 radical (unpaired) electrons. The Morgan fingerprint density at radius 1 is 1.33 bits per heavy atom. The highest BCUT2D eigenvalue weighted by molar-refractivity contribution is 5.76. The van der Waals surface area contributed by atoms with Crippen molar-refractivity contribution in [2.24, 2.45) is 0 Å². The van der Waals surface area contributed by atoms with Crippen molar-refractivity contribution in [1.29, 1.82) is 0 Å². The van der Waals surface area contributed by atoms with Crippen LogP contribution in [0.25, 0.3) is 0 Å². The van der Waals surface area contributed by atoms with Crippen molar-refractivity contribution in [3.8, 4) is 0 Å². The van der Waals surface area contributed by atoms with Gasteiger partial charge in [-0.3, -0.25) is 4.79 Å². The summed E-state index contributed by atoms with van der Waals surface area (Å²) in [4.78, 5) is 11.5. The molecule has 0 bridgehead atoms. The Labute approximate surface area is 110 Å². The highest BCUT2D eigenvalue weighted by Gasteiger charge is 2.04. The summed E-state index contributed by atoms with van der Waals surface area (Å²) in [6, 6.07) is 8.57.